The summed E-state index contributed by atoms with van der Waals surface area (Å²) in [6.07, 6.45) is 0.498. The smallest absolute Gasteiger partial charge is 0.272 e. The van der Waals surface area contributed by atoms with Crippen LogP contribution in [0.25, 0.3) is 11.1 Å². The second kappa shape index (κ2) is 9.74. The number of benzene rings is 2. The zero-order valence-electron chi connectivity index (χ0n) is 16.3. The summed E-state index contributed by atoms with van der Waals surface area (Å²) < 4.78 is 71.9. The summed E-state index contributed by atoms with van der Waals surface area (Å²) in [5.74, 6) is -3.38. The minimum atomic E-state index is -2.85. The predicted octanol–water partition coefficient (Wildman–Crippen LogP) is 7.20. The van der Waals surface area contributed by atoms with Gasteiger partial charge in [-0.15, -0.1) is 0 Å². The molecule has 0 bridgehead atoms. The van der Waals surface area contributed by atoms with Crippen LogP contribution < -0.4 is 4.74 Å². The van der Waals surface area contributed by atoms with Gasteiger partial charge in [0.2, 0.25) is 0 Å². The maximum atomic E-state index is 14.7. The van der Waals surface area contributed by atoms with E-state index in [1.807, 2.05) is 6.07 Å². The molecule has 1 radical (unpaired) electrons. The first-order chi connectivity index (χ1) is 13.9. The lowest BCUT2D eigenvalue weighted by Gasteiger charge is -2.27. The van der Waals surface area contributed by atoms with Crippen molar-refractivity contribution in [3.05, 3.63) is 53.3 Å². The zero-order valence-corrected chi connectivity index (χ0v) is 17.3. The highest BCUT2D eigenvalue weighted by Gasteiger charge is 2.24. The molecular formula is C22H24F5OSi. The van der Waals surface area contributed by atoms with Gasteiger partial charge in [0.25, 0.3) is 6.43 Å². The molecule has 0 unspecified atom stereocenters. The molecule has 0 aromatic heterocycles. The van der Waals surface area contributed by atoms with Crippen LogP contribution >= 0.6 is 0 Å². The van der Waals surface area contributed by atoms with Gasteiger partial charge in [-0.2, -0.15) is 0 Å². The van der Waals surface area contributed by atoms with Crippen molar-refractivity contribution in [3.8, 4) is 16.9 Å². The molecule has 1 fully saturated rings. The fourth-order valence-corrected chi connectivity index (χ4v) is 6.95. The van der Waals surface area contributed by atoms with Crippen molar-refractivity contribution in [1.82, 2.24) is 0 Å². The monoisotopic (exact) mass is 427 g/mol. The Bertz CT molecular complexity index is 811. The van der Waals surface area contributed by atoms with E-state index in [2.05, 4.69) is 11.7 Å². The molecule has 0 spiro atoms. The topological polar surface area (TPSA) is 9.23 Å². The van der Waals surface area contributed by atoms with E-state index in [0.29, 0.717) is 5.92 Å². The number of rotatable bonds is 7. The van der Waals surface area contributed by atoms with Crippen LogP contribution in [-0.2, 0) is 0 Å². The van der Waals surface area contributed by atoms with Gasteiger partial charge in [-0.3, -0.25) is 0 Å². The molecule has 2 aromatic rings. The Hall–Kier alpha value is -1.89. The third-order valence-electron chi connectivity index (χ3n) is 5.42. The molecule has 0 amide bonds. The Balaban J connectivity index is 1.77. The summed E-state index contributed by atoms with van der Waals surface area (Å²) in [5.41, 5.74) is 0.991. The fraction of sp³-hybridized carbons (Fsp3) is 0.455. The molecule has 1 heterocycles. The normalized spacial score (nSPS) is 15.8. The SMILES string of the molecule is CCC[Si]1CCC(c2ccc(-c3cc(F)c(OCC(F)F)c(F)c3)c(F)c2)CC1. The van der Waals surface area contributed by atoms with Crippen LogP contribution in [-0.4, -0.2) is 21.8 Å². The number of alkyl halides is 2. The fourth-order valence-electron chi connectivity index (χ4n) is 3.98. The summed E-state index contributed by atoms with van der Waals surface area (Å²) in [6, 6.07) is 10.4. The highest BCUT2D eigenvalue weighted by Crippen LogP contribution is 2.37. The maximum absolute atomic E-state index is 14.7. The molecule has 1 aliphatic heterocycles. The first kappa shape index (κ1) is 21.8. The number of ether oxygens (including phenoxy) is 1. The molecule has 1 saturated heterocycles. The highest BCUT2D eigenvalue weighted by molar-refractivity contribution is 6.59. The van der Waals surface area contributed by atoms with Crippen molar-refractivity contribution in [2.75, 3.05) is 6.61 Å². The van der Waals surface area contributed by atoms with Gasteiger partial charge >= 0.3 is 0 Å². The van der Waals surface area contributed by atoms with Gasteiger partial charge in [0.05, 0.1) is 0 Å². The molecule has 7 heteroatoms. The van der Waals surface area contributed by atoms with Crippen LogP contribution in [0.5, 0.6) is 5.75 Å². The first-order valence-corrected chi connectivity index (χ1v) is 12.0. The Labute approximate surface area is 169 Å². The van der Waals surface area contributed by atoms with Gasteiger partial charge in [-0.25, -0.2) is 22.0 Å². The molecule has 2 aromatic carbocycles. The van der Waals surface area contributed by atoms with E-state index in [-0.39, 0.29) is 19.9 Å². The standard InChI is InChI=1S/C22H24F5OSi/c1-2-7-29-8-5-14(6-9-29)15-3-4-17(18(23)10-15)16-11-19(24)22(20(25)12-16)28-13-21(26)27/h3-4,10-12,14,21H,2,5-9,13H2,1H3. The van der Waals surface area contributed by atoms with E-state index < -0.39 is 36.2 Å². The Morgan fingerprint density at radius 3 is 2.21 bits per heavy atom. The average Bonchev–Trinajstić information content (AvgIpc) is 2.67. The van der Waals surface area contributed by atoms with Gasteiger partial charge in [0.15, 0.2) is 17.4 Å². The minimum Gasteiger partial charge on any atom is -0.482 e. The Morgan fingerprint density at radius 2 is 1.66 bits per heavy atom. The second-order valence-corrected chi connectivity index (χ2v) is 10.5. The van der Waals surface area contributed by atoms with E-state index in [0.717, 1.165) is 30.5 Å². The Kier molecular flexibility index (Phi) is 7.32. The molecule has 29 heavy (non-hydrogen) atoms. The van der Waals surface area contributed by atoms with E-state index in [4.69, 9.17) is 0 Å². The summed E-state index contributed by atoms with van der Waals surface area (Å²) in [5, 5.41) is 0. The van der Waals surface area contributed by atoms with Crippen LogP contribution in [0.4, 0.5) is 22.0 Å². The first-order valence-electron chi connectivity index (χ1n) is 9.92. The zero-order chi connectivity index (χ0) is 21.0. The van der Waals surface area contributed by atoms with Gasteiger partial charge in [0, 0.05) is 14.4 Å². The van der Waals surface area contributed by atoms with E-state index in [1.54, 1.807) is 0 Å². The summed E-state index contributed by atoms with van der Waals surface area (Å²) >= 11 is 0. The molecule has 0 atom stereocenters. The van der Waals surface area contributed by atoms with Crippen molar-refractivity contribution in [3.63, 3.8) is 0 Å². The summed E-state index contributed by atoms with van der Waals surface area (Å²) in [6.45, 7) is 1.10. The van der Waals surface area contributed by atoms with Crippen LogP contribution in [0, 0.1) is 17.5 Å². The van der Waals surface area contributed by atoms with Crippen LogP contribution in [0.3, 0.4) is 0 Å². The van der Waals surface area contributed by atoms with Crippen molar-refractivity contribution >= 4 is 8.80 Å². The minimum absolute atomic E-state index is 0.00512. The Morgan fingerprint density at radius 1 is 1.00 bits per heavy atom. The average molecular weight is 428 g/mol. The molecular weight excluding hydrogens is 403 g/mol. The van der Waals surface area contributed by atoms with Gasteiger partial charge < -0.3 is 4.74 Å². The van der Waals surface area contributed by atoms with Crippen LogP contribution in [0.15, 0.2) is 30.3 Å². The molecule has 3 rings (SSSR count). The van der Waals surface area contributed by atoms with E-state index >= 15 is 0 Å². The van der Waals surface area contributed by atoms with Crippen LogP contribution in [0.2, 0.25) is 18.1 Å². The lowest BCUT2D eigenvalue weighted by atomic mass is 9.91. The van der Waals surface area contributed by atoms with E-state index in [1.165, 1.54) is 36.7 Å². The highest BCUT2D eigenvalue weighted by atomic mass is 28.3. The number of halogens is 5. The largest absolute Gasteiger partial charge is 0.482 e. The van der Waals surface area contributed by atoms with Crippen molar-refractivity contribution < 1.29 is 26.7 Å². The molecule has 1 nitrogen and oxygen atoms in total. The summed E-state index contributed by atoms with van der Waals surface area (Å²) in [4.78, 5) is 0. The third-order valence-corrected chi connectivity index (χ3v) is 8.62. The number of hydrogen-bond donors (Lipinski definition) is 0. The lowest BCUT2D eigenvalue weighted by Crippen LogP contribution is -2.20. The van der Waals surface area contributed by atoms with E-state index in [9.17, 15) is 22.0 Å². The van der Waals surface area contributed by atoms with Gasteiger partial charge in [0.1, 0.15) is 12.4 Å². The van der Waals surface area contributed by atoms with Crippen LogP contribution in [0.1, 0.15) is 37.7 Å². The maximum Gasteiger partial charge on any atom is 0.272 e. The van der Waals surface area contributed by atoms with Crippen molar-refractivity contribution in [2.24, 2.45) is 0 Å². The second-order valence-electron chi connectivity index (χ2n) is 7.48. The predicted molar refractivity (Wildman–Crippen MR) is 106 cm³/mol. The molecule has 1 aliphatic rings. The third kappa shape index (κ3) is 5.38. The number of hydrogen-bond acceptors (Lipinski definition) is 1. The van der Waals surface area contributed by atoms with Gasteiger partial charge in [-0.1, -0.05) is 43.6 Å². The molecule has 0 saturated carbocycles. The quantitative estimate of drug-likeness (QED) is 0.335. The molecule has 0 aliphatic carbocycles. The summed E-state index contributed by atoms with van der Waals surface area (Å²) in [7, 11) is -0.259. The van der Waals surface area contributed by atoms with Crippen molar-refractivity contribution in [1.29, 1.82) is 0 Å². The molecule has 157 valence electrons. The lowest BCUT2D eigenvalue weighted by molar-refractivity contribution is 0.0777. The van der Waals surface area contributed by atoms with Crippen molar-refractivity contribution in [2.45, 2.75) is 56.7 Å². The van der Waals surface area contributed by atoms with Gasteiger partial charge in [-0.05, 0) is 48.1 Å². The molecule has 0 N–H and O–H groups in total.